The highest BCUT2D eigenvalue weighted by molar-refractivity contribution is 5.92. The van der Waals surface area contributed by atoms with Crippen LogP contribution >= 0.6 is 0 Å². The molecule has 0 radical (unpaired) electrons. The number of rotatable bonds is 4. The Kier molecular flexibility index (Phi) is 3.45. The maximum absolute atomic E-state index is 12.4. The normalized spacial score (nSPS) is 24.4. The molecule has 2 aromatic rings. The second kappa shape index (κ2) is 5.59. The van der Waals surface area contributed by atoms with Crippen LogP contribution in [0.3, 0.4) is 0 Å². The Hall–Kier alpha value is -2.10. The van der Waals surface area contributed by atoms with Gasteiger partial charge in [-0.1, -0.05) is 41.9 Å². The topological polar surface area (TPSA) is 55.1 Å². The van der Waals surface area contributed by atoms with Crippen molar-refractivity contribution in [2.45, 2.75) is 50.0 Å². The average molecular weight is 296 g/mol. The highest BCUT2D eigenvalue weighted by atomic mass is 16.5. The highest BCUT2D eigenvalue weighted by Crippen LogP contribution is 2.40. The van der Waals surface area contributed by atoms with Crippen LogP contribution in [0.5, 0.6) is 0 Å². The van der Waals surface area contributed by atoms with Crippen molar-refractivity contribution in [1.29, 1.82) is 0 Å². The summed E-state index contributed by atoms with van der Waals surface area (Å²) in [5.41, 5.74) is 1.73. The molecule has 2 aliphatic carbocycles. The Morgan fingerprint density at radius 1 is 1.14 bits per heavy atom. The van der Waals surface area contributed by atoms with Gasteiger partial charge in [0, 0.05) is 23.9 Å². The minimum Gasteiger partial charge on any atom is -0.360 e. The van der Waals surface area contributed by atoms with Gasteiger partial charge < -0.3 is 9.84 Å². The SMILES string of the molecule is O=C(N[C@H]1CCC[C@H]1c1ccccc1)c1cc(C2CC2)on1. The smallest absolute Gasteiger partial charge is 0.273 e. The predicted octanol–water partition coefficient (Wildman–Crippen LogP) is 3.62. The molecule has 0 spiro atoms. The van der Waals surface area contributed by atoms with E-state index in [2.05, 4.69) is 34.7 Å². The first-order chi connectivity index (χ1) is 10.8. The molecule has 114 valence electrons. The first-order valence-corrected chi connectivity index (χ1v) is 8.13. The molecule has 0 unspecified atom stereocenters. The molecule has 22 heavy (non-hydrogen) atoms. The first kappa shape index (κ1) is 13.6. The molecule has 2 fully saturated rings. The number of nitrogens with one attached hydrogen (secondary N) is 1. The Morgan fingerprint density at radius 3 is 2.73 bits per heavy atom. The molecule has 1 amide bonds. The quantitative estimate of drug-likeness (QED) is 0.937. The van der Waals surface area contributed by atoms with Gasteiger partial charge >= 0.3 is 0 Å². The van der Waals surface area contributed by atoms with Gasteiger partial charge in [-0.3, -0.25) is 4.79 Å². The summed E-state index contributed by atoms with van der Waals surface area (Å²) in [6.07, 6.45) is 5.60. The van der Waals surface area contributed by atoms with Crippen LogP contribution < -0.4 is 5.32 Å². The van der Waals surface area contributed by atoms with Crippen LogP contribution in [0.2, 0.25) is 0 Å². The zero-order valence-corrected chi connectivity index (χ0v) is 12.5. The van der Waals surface area contributed by atoms with Gasteiger partial charge in [0.15, 0.2) is 5.69 Å². The molecule has 1 heterocycles. The molecule has 4 nitrogen and oxygen atoms in total. The van der Waals surface area contributed by atoms with Crippen LogP contribution in [-0.2, 0) is 0 Å². The minimum atomic E-state index is -0.108. The zero-order valence-electron chi connectivity index (χ0n) is 12.5. The van der Waals surface area contributed by atoms with Crippen LogP contribution in [0.15, 0.2) is 40.9 Å². The van der Waals surface area contributed by atoms with Gasteiger partial charge in [-0.05, 0) is 31.2 Å². The van der Waals surface area contributed by atoms with Crippen molar-refractivity contribution in [3.05, 3.63) is 53.4 Å². The zero-order chi connectivity index (χ0) is 14.9. The van der Waals surface area contributed by atoms with Gasteiger partial charge in [0.2, 0.25) is 0 Å². The number of carbonyl (C=O) groups excluding carboxylic acids is 1. The molecule has 2 aliphatic rings. The van der Waals surface area contributed by atoms with Crippen molar-refractivity contribution in [3.63, 3.8) is 0 Å². The predicted molar refractivity (Wildman–Crippen MR) is 82.8 cm³/mol. The number of hydrogen-bond acceptors (Lipinski definition) is 3. The highest BCUT2D eigenvalue weighted by Gasteiger charge is 2.32. The second-order valence-corrected chi connectivity index (χ2v) is 6.42. The number of aromatic nitrogens is 1. The Morgan fingerprint density at radius 2 is 1.95 bits per heavy atom. The van der Waals surface area contributed by atoms with Gasteiger partial charge in [-0.2, -0.15) is 0 Å². The summed E-state index contributed by atoms with van der Waals surface area (Å²) in [7, 11) is 0. The van der Waals surface area contributed by atoms with E-state index in [9.17, 15) is 4.79 Å². The van der Waals surface area contributed by atoms with Gasteiger partial charge in [0.25, 0.3) is 5.91 Å². The summed E-state index contributed by atoms with van der Waals surface area (Å²) in [5.74, 6) is 1.64. The molecule has 4 rings (SSSR count). The molecule has 0 aliphatic heterocycles. The summed E-state index contributed by atoms with van der Waals surface area (Å²) in [4.78, 5) is 12.4. The van der Waals surface area contributed by atoms with E-state index in [4.69, 9.17) is 4.52 Å². The Balaban J connectivity index is 1.45. The van der Waals surface area contributed by atoms with E-state index in [1.165, 1.54) is 5.56 Å². The lowest BCUT2D eigenvalue weighted by molar-refractivity contribution is 0.0925. The van der Waals surface area contributed by atoms with E-state index in [1.54, 1.807) is 6.07 Å². The lowest BCUT2D eigenvalue weighted by Crippen LogP contribution is -2.36. The van der Waals surface area contributed by atoms with E-state index in [0.29, 0.717) is 17.5 Å². The molecule has 0 bridgehead atoms. The van der Waals surface area contributed by atoms with E-state index < -0.39 is 0 Å². The third-order valence-corrected chi connectivity index (χ3v) is 4.80. The van der Waals surface area contributed by atoms with E-state index in [0.717, 1.165) is 37.9 Å². The number of benzene rings is 1. The van der Waals surface area contributed by atoms with Crippen LogP contribution in [0.25, 0.3) is 0 Å². The van der Waals surface area contributed by atoms with Crippen molar-refractivity contribution < 1.29 is 9.32 Å². The largest absolute Gasteiger partial charge is 0.360 e. The van der Waals surface area contributed by atoms with Crippen LogP contribution in [0.4, 0.5) is 0 Å². The third-order valence-electron chi connectivity index (χ3n) is 4.80. The van der Waals surface area contributed by atoms with Crippen molar-refractivity contribution in [2.24, 2.45) is 0 Å². The van der Waals surface area contributed by atoms with Crippen LogP contribution in [0, 0.1) is 0 Å². The Labute approximate surface area is 129 Å². The first-order valence-electron chi connectivity index (χ1n) is 8.13. The molecule has 1 aromatic heterocycles. The van der Waals surface area contributed by atoms with Crippen molar-refractivity contribution in [3.8, 4) is 0 Å². The van der Waals surface area contributed by atoms with Gasteiger partial charge in [0.05, 0.1) is 0 Å². The lowest BCUT2D eigenvalue weighted by atomic mass is 9.94. The van der Waals surface area contributed by atoms with E-state index in [-0.39, 0.29) is 11.9 Å². The van der Waals surface area contributed by atoms with Crippen molar-refractivity contribution >= 4 is 5.91 Å². The summed E-state index contributed by atoms with van der Waals surface area (Å²) in [6.45, 7) is 0. The molecule has 2 saturated carbocycles. The Bertz CT molecular complexity index is 661. The number of carbonyl (C=O) groups is 1. The molecule has 1 aromatic carbocycles. The van der Waals surface area contributed by atoms with Crippen molar-refractivity contribution in [2.75, 3.05) is 0 Å². The summed E-state index contributed by atoms with van der Waals surface area (Å²) in [5, 5.41) is 7.09. The molecule has 4 heteroatoms. The van der Waals surface area contributed by atoms with Crippen molar-refractivity contribution in [1.82, 2.24) is 10.5 Å². The van der Waals surface area contributed by atoms with Crippen LogP contribution in [-0.4, -0.2) is 17.1 Å². The maximum atomic E-state index is 12.4. The standard InChI is InChI=1S/C18H20N2O2/c21-18(16-11-17(22-20-16)13-9-10-13)19-15-8-4-7-14(15)12-5-2-1-3-6-12/h1-3,5-6,11,13-15H,4,7-10H2,(H,19,21)/t14-,15-/m0/s1. The monoisotopic (exact) mass is 296 g/mol. The maximum Gasteiger partial charge on any atom is 0.273 e. The van der Waals surface area contributed by atoms with Gasteiger partial charge in [0.1, 0.15) is 5.76 Å². The number of nitrogens with zero attached hydrogens (tertiary/aromatic N) is 1. The fourth-order valence-electron chi connectivity index (χ4n) is 3.43. The summed E-state index contributed by atoms with van der Waals surface area (Å²) in [6, 6.07) is 12.4. The molecular formula is C18H20N2O2. The number of hydrogen-bond donors (Lipinski definition) is 1. The summed E-state index contributed by atoms with van der Waals surface area (Å²) < 4.78 is 5.27. The molecule has 0 saturated heterocycles. The molecule has 1 N–H and O–H groups in total. The van der Waals surface area contributed by atoms with Crippen LogP contribution in [0.1, 0.15) is 65.8 Å². The van der Waals surface area contributed by atoms with E-state index >= 15 is 0 Å². The van der Waals surface area contributed by atoms with Gasteiger partial charge in [-0.15, -0.1) is 0 Å². The van der Waals surface area contributed by atoms with Gasteiger partial charge in [-0.25, -0.2) is 0 Å². The third kappa shape index (κ3) is 2.65. The fraction of sp³-hybridized carbons (Fsp3) is 0.444. The average Bonchev–Trinajstić information content (AvgIpc) is 3.10. The van der Waals surface area contributed by atoms with E-state index in [1.807, 2.05) is 6.07 Å². The summed E-state index contributed by atoms with van der Waals surface area (Å²) >= 11 is 0. The fourth-order valence-corrected chi connectivity index (χ4v) is 3.43. The number of amides is 1. The molecule has 2 atom stereocenters. The lowest BCUT2D eigenvalue weighted by Gasteiger charge is -2.20. The second-order valence-electron chi connectivity index (χ2n) is 6.42. The molecular weight excluding hydrogens is 276 g/mol. The minimum absolute atomic E-state index is 0.108.